The summed E-state index contributed by atoms with van der Waals surface area (Å²) in [4.78, 5) is 24.9. The molecule has 0 aromatic heterocycles. The van der Waals surface area contributed by atoms with Crippen molar-refractivity contribution in [2.24, 2.45) is 11.3 Å². The molecule has 0 radical (unpaired) electrons. The van der Waals surface area contributed by atoms with Gasteiger partial charge >= 0.3 is 0 Å². The van der Waals surface area contributed by atoms with Crippen molar-refractivity contribution in [1.82, 2.24) is 5.32 Å². The summed E-state index contributed by atoms with van der Waals surface area (Å²) >= 11 is 0. The van der Waals surface area contributed by atoms with Crippen molar-refractivity contribution < 1.29 is 9.59 Å². The average molecular weight is 285 g/mol. The molecule has 3 nitrogen and oxygen atoms in total. The molecule has 21 heavy (non-hydrogen) atoms. The molecule has 1 unspecified atom stereocenters. The number of hydrogen-bond donors (Lipinski definition) is 1. The Morgan fingerprint density at radius 2 is 2.10 bits per heavy atom. The van der Waals surface area contributed by atoms with Crippen molar-refractivity contribution >= 4 is 11.7 Å². The van der Waals surface area contributed by atoms with Gasteiger partial charge in [-0.05, 0) is 42.7 Å². The lowest BCUT2D eigenvalue weighted by Crippen LogP contribution is -2.27. The van der Waals surface area contributed by atoms with Crippen molar-refractivity contribution in [3.8, 4) is 0 Å². The number of carbonyl (C=O) groups excluding carboxylic acids is 2. The molecule has 1 aliphatic carbocycles. The van der Waals surface area contributed by atoms with Crippen molar-refractivity contribution in [2.75, 3.05) is 6.54 Å². The van der Waals surface area contributed by atoms with E-state index in [-0.39, 0.29) is 23.0 Å². The van der Waals surface area contributed by atoms with Crippen LogP contribution in [0, 0.1) is 11.3 Å². The molecule has 0 saturated heterocycles. The van der Waals surface area contributed by atoms with Gasteiger partial charge in [-0.2, -0.15) is 0 Å². The Labute approximate surface area is 126 Å². The number of rotatable bonds is 2. The molecule has 1 heterocycles. The first-order valence-corrected chi connectivity index (χ1v) is 7.94. The number of carbonyl (C=O) groups is 2. The molecule has 1 aromatic carbocycles. The van der Waals surface area contributed by atoms with Crippen LogP contribution in [0.5, 0.6) is 0 Å². The number of Topliss-reactive ketones (excluding diaryl/α,β-unsaturated/α-hetero) is 1. The molecule has 0 bridgehead atoms. The van der Waals surface area contributed by atoms with E-state index in [2.05, 4.69) is 19.2 Å². The third kappa shape index (κ3) is 2.61. The van der Waals surface area contributed by atoms with Crippen molar-refractivity contribution in [1.29, 1.82) is 0 Å². The Bertz CT molecular complexity index is 589. The van der Waals surface area contributed by atoms with Crippen LogP contribution in [0.1, 0.15) is 65.8 Å². The summed E-state index contributed by atoms with van der Waals surface area (Å²) < 4.78 is 0. The number of aryl methyl sites for hydroxylation is 1. The number of nitrogens with one attached hydrogen (secondary N) is 1. The first kappa shape index (κ1) is 14.3. The SMILES string of the molecule is CC1(C)CCCC1C(=O)c1ccc2c(c1)C(=O)NCCC2. The Morgan fingerprint density at radius 3 is 2.81 bits per heavy atom. The van der Waals surface area contributed by atoms with Crippen LogP contribution in [0.3, 0.4) is 0 Å². The zero-order chi connectivity index (χ0) is 15.0. The maximum atomic E-state index is 12.8. The number of ketones is 1. The molecule has 1 fully saturated rings. The van der Waals surface area contributed by atoms with Gasteiger partial charge < -0.3 is 5.32 Å². The van der Waals surface area contributed by atoms with E-state index in [1.165, 1.54) is 0 Å². The van der Waals surface area contributed by atoms with Crippen LogP contribution in [0.2, 0.25) is 0 Å². The first-order valence-electron chi connectivity index (χ1n) is 7.94. The number of fused-ring (bicyclic) bond motifs is 1. The monoisotopic (exact) mass is 285 g/mol. The van der Waals surface area contributed by atoms with E-state index >= 15 is 0 Å². The minimum atomic E-state index is -0.0390. The smallest absolute Gasteiger partial charge is 0.251 e. The highest BCUT2D eigenvalue weighted by Crippen LogP contribution is 2.44. The molecular weight excluding hydrogens is 262 g/mol. The molecule has 1 atom stereocenters. The molecule has 1 N–H and O–H groups in total. The van der Waals surface area contributed by atoms with E-state index in [0.717, 1.165) is 37.7 Å². The first-order chi connectivity index (χ1) is 9.99. The second-order valence-electron chi connectivity index (χ2n) is 7.03. The summed E-state index contributed by atoms with van der Waals surface area (Å²) in [6.07, 6.45) is 5.05. The average Bonchev–Trinajstić information content (AvgIpc) is 2.70. The van der Waals surface area contributed by atoms with Gasteiger partial charge in [0.15, 0.2) is 5.78 Å². The maximum absolute atomic E-state index is 12.8. The van der Waals surface area contributed by atoms with Crippen molar-refractivity contribution in [3.63, 3.8) is 0 Å². The fraction of sp³-hybridized carbons (Fsp3) is 0.556. The van der Waals surface area contributed by atoms with E-state index in [4.69, 9.17) is 0 Å². The number of amides is 1. The highest BCUT2D eigenvalue weighted by molar-refractivity contribution is 6.02. The Kier molecular flexibility index (Phi) is 3.60. The van der Waals surface area contributed by atoms with E-state index in [9.17, 15) is 9.59 Å². The molecule has 2 aliphatic rings. The number of hydrogen-bond acceptors (Lipinski definition) is 2. The van der Waals surface area contributed by atoms with Crippen LogP contribution in [0.25, 0.3) is 0 Å². The van der Waals surface area contributed by atoms with Crippen molar-refractivity contribution in [2.45, 2.75) is 46.0 Å². The molecule has 1 aliphatic heterocycles. The van der Waals surface area contributed by atoms with Gasteiger partial charge in [0.2, 0.25) is 0 Å². The van der Waals surface area contributed by atoms with Gasteiger partial charge in [0, 0.05) is 23.6 Å². The fourth-order valence-electron chi connectivity index (χ4n) is 3.75. The Morgan fingerprint density at radius 1 is 1.29 bits per heavy atom. The van der Waals surface area contributed by atoms with Gasteiger partial charge in [-0.3, -0.25) is 9.59 Å². The van der Waals surface area contributed by atoms with Crippen LogP contribution in [0.15, 0.2) is 18.2 Å². The zero-order valence-corrected chi connectivity index (χ0v) is 12.9. The molecule has 3 rings (SSSR count). The summed E-state index contributed by atoms with van der Waals surface area (Å²) in [5.41, 5.74) is 2.53. The molecule has 0 spiro atoms. The topological polar surface area (TPSA) is 46.2 Å². The molecule has 1 saturated carbocycles. The predicted octanol–water partition coefficient (Wildman–Crippen LogP) is 3.37. The van der Waals surface area contributed by atoms with Gasteiger partial charge in [0.25, 0.3) is 5.91 Å². The Hall–Kier alpha value is -1.64. The summed E-state index contributed by atoms with van der Waals surface area (Å²) in [5.74, 6) is 0.254. The molecule has 112 valence electrons. The highest BCUT2D eigenvalue weighted by Gasteiger charge is 2.39. The highest BCUT2D eigenvalue weighted by atomic mass is 16.1. The van der Waals surface area contributed by atoms with Gasteiger partial charge in [0.1, 0.15) is 0 Å². The fourth-order valence-corrected chi connectivity index (χ4v) is 3.75. The van der Waals surface area contributed by atoms with Crippen LogP contribution in [-0.2, 0) is 6.42 Å². The van der Waals surface area contributed by atoms with E-state index in [1.807, 2.05) is 18.2 Å². The standard InChI is InChI=1S/C18H23NO2/c1-18(2)9-3-6-15(18)16(20)13-8-7-12-5-4-10-19-17(21)14(12)11-13/h7-8,11,15H,3-6,9-10H2,1-2H3,(H,19,21). The van der Waals surface area contributed by atoms with E-state index in [0.29, 0.717) is 17.7 Å². The second-order valence-corrected chi connectivity index (χ2v) is 7.03. The quantitative estimate of drug-likeness (QED) is 0.847. The lowest BCUT2D eigenvalue weighted by molar-refractivity contribution is 0.0839. The lowest BCUT2D eigenvalue weighted by atomic mass is 9.77. The summed E-state index contributed by atoms with van der Waals surface area (Å²) in [7, 11) is 0. The third-order valence-electron chi connectivity index (χ3n) is 5.12. The zero-order valence-electron chi connectivity index (χ0n) is 12.9. The molecule has 1 amide bonds. The molecule has 3 heteroatoms. The van der Waals surface area contributed by atoms with Crippen LogP contribution in [0.4, 0.5) is 0 Å². The predicted molar refractivity (Wildman–Crippen MR) is 82.5 cm³/mol. The van der Waals surface area contributed by atoms with Gasteiger partial charge in [-0.15, -0.1) is 0 Å². The third-order valence-corrected chi connectivity index (χ3v) is 5.12. The Balaban J connectivity index is 1.93. The normalized spacial score (nSPS) is 24.1. The second kappa shape index (κ2) is 5.28. The van der Waals surface area contributed by atoms with Gasteiger partial charge in [0.05, 0.1) is 0 Å². The minimum Gasteiger partial charge on any atom is -0.352 e. The summed E-state index contributed by atoms with van der Waals surface area (Å²) in [5, 5.41) is 2.90. The molecular formula is C18H23NO2. The number of benzene rings is 1. The maximum Gasteiger partial charge on any atom is 0.251 e. The lowest BCUT2D eigenvalue weighted by Gasteiger charge is -2.26. The minimum absolute atomic E-state index is 0.0390. The van der Waals surface area contributed by atoms with E-state index < -0.39 is 0 Å². The van der Waals surface area contributed by atoms with Crippen LogP contribution < -0.4 is 5.32 Å². The summed E-state index contributed by atoms with van der Waals surface area (Å²) in [6, 6.07) is 5.69. The molecule has 1 aromatic rings. The van der Waals surface area contributed by atoms with Crippen LogP contribution >= 0.6 is 0 Å². The van der Waals surface area contributed by atoms with Crippen molar-refractivity contribution in [3.05, 3.63) is 34.9 Å². The largest absolute Gasteiger partial charge is 0.352 e. The van der Waals surface area contributed by atoms with E-state index in [1.54, 1.807) is 0 Å². The van der Waals surface area contributed by atoms with Crippen LogP contribution in [-0.4, -0.2) is 18.2 Å². The summed E-state index contributed by atoms with van der Waals surface area (Å²) in [6.45, 7) is 5.07. The van der Waals surface area contributed by atoms with Gasteiger partial charge in [-0.1, -0.05) is 32.4 Å². The van der Waals surface area contributed by atoms with Gasteiger partial charge in [-0.25, -0.2) is 0 Å².